The third-order valence-electron chi connectivity index (χ3n) is 3.37. The number of morpholine rings is 1. The lowest BCUT2D eigenvalue weighted by molar-refractivity contribution is -0.146. The molecule has 112 valence electrons. The summed E-state index contributed by atoms with van der Waals surface area (Å²) < 4.78 is 5.35. The lowest BCUT2D eigenvalue weighted by atomic mass is 10.1. The fourth-order valence-corrected chi connectivity index (χ4v) is 2.07. The van der Waals surface area contributed by atoms with Crippen LogP contribution in [0.1, 0.15) is 27.6 Å². The van der Waals surface area contributed by atoms with Gasteiger partial charge in [0, 0.05) is 31.3 Å². The molecule has 6 nitrogen and oxygen atoms in total. The number of amides is 2. The molecular weight excluding hydrogens is 272 g/mol. The second-order valence-corrected chi connectivity index (χ2v) is 5.05. The van der Waals surface area contributed by atoms with Gasteiger partial charge >= 0.3 is 0 Å². The van der Waals surface area contributed by atoms with E-state index in [1.54, 1.807) is 36.2 Å². The van der Waals surface area contributed by atoms with Gasteiger partial charge in [-0.2, -0.15) is 0 Å². The van der Waals surface area contributed by atoms with Crippen molar-refractivity contribution in [1.29, 1.82) is 0 Å². The molecule has 1 fully saturated rings. The lowest BCUT2D eigenvalue weighted by Gasteiger charge is -2.29. The SMILES string of the molecule is CC(=O)c1cccc(C(=O)NCC2CN(C)C(=O)CO2)c1. The van der Waals surface area contributed by atoms with Crippen LogP contribution < -0.4 is 5.32 Å². The third kappa shape index (κ3) is 3.88. The molecule has 0 saturated carbocycles. The summed E-state index contributed by atoms with van der Waals surface area (Å²) in [5, 5.41) is 2.76. The van der Waals surface area contributed by atoms with E-state index in [2.05, 4.69) is 5.32 Å². The van der Waals surface area contributed by atoms with Gasteiger partial charge < -0.3 is 15.0 Å². The molecular formula is C15H18N2O4. The molecule has 1 N–H and O–H groups in total. The number of rotatable bonds is 4. The average Bonchev–Trinajstić information content (AvgIpc) is 2.48. The summed E-state index contributed by atoms with van der Waals surface area (Å²) in [6, 6.07) is 6.56. The first-order valence-corrected chi connectivity index (χ1v) is 6.72. The summed E-state index contributed by atoms with van der Waals surface area (Å²) in [6.45, 7) is 2.27. The van der Waals surface area contributed by atoms with Gasteiger partial charge in [0.05, 0.1) is 6.10 Å². The van der Waals surface area contributed by atoms with Crippen LogP contribution in [0.25, 0.3) is 0 Å². The molecule has 1 aromatic rings. The van der Waals surface area contributed by atoms with Crippen LogP contribution in [-0.2, 0) is 9.53 Å². The Morgan fingerprint density at radius 2 is 2.10 bits per heavy atom. The molecule has 0 aliphatic carbocycles. The molecule has 0 bridgehead atoms. The number of Topliss-reactive ketones (excluding diaryl/α,β-unsaturated/α-hetero) is 1. The van der Waals surface area contributed by atoms with Crippen molar-refractivity contribution in [1.82, 2.24) is 10.2 Å². The topological polar surface area (TPSA) is 75.7 Å². The van der Waals surface area contributed by atoms with Crippen molar-refractivity contribution in [2.24, 2.45) is 0 Å². The zero-order chi connectivity index (χ0) is 15.4. The quantitative estimate of drug-likeness (QED) is 0.818. The Labute approximate surface area is 123 Å². The smallest absolute Gasteiger partial charge is 0.251 e. The highest BCUT2D eigenvalue weighted by Crippen LogP contribution is 2.07. The zero-order valence-corrected chi connectivity index (χ0v) is 12.1. The predicted octanol–water partition coefficient (Wildman–Crippen LogP) is 0.476. The summed E-state index contributed by atoms with van der Waals surface area (Å²) in [7, 11) is 1.70. The molecule has 0 aromatic heterocycles. The number of carbonyl (C=O) groups excluding carboxylic acids is 3. The highest BCUT2D eigenvalue weighted by atomic mass is 16.5. The van der Waals surface area contributed by atoms with Crippen molar-refractivity contribution >= 4 is 17.6 Å². The Kier molecular flexibility index (Phi) is 4.70. The summed E-state index contributed by atoms with van der Waals surface area (Å²) in [6.07, 6.45) is -0.215. The normalized spacial score (nSPS) is 18.5. The lowest BCUT2D eigenvalue weighted by Crippen LogP contribution is -2.48. The van der Waals surface area contributed by atoms with E-state index in [9.17, 15) is 14.4 Å². The maximum atomic E-state index is 12.0. The highest BCUT2D eigenvalue weighted by Gasteiger charge is 2.23. The van der Waals surface area contributed by atoms with Crippen molar-refractivity contribution in [3.05, 3.63) is 35.4 Å². The highest BCUT2D eigenvalue weighted by molar-refractivity contribution is 5.99. The molecule has 2 rings (SSSR count). The van der Waals surface area contributed by atoms with Gasteiger partial charge in [0.1, 0.15) is 6.61 Å². The van der Waals surface area contributed by atoms with Crippen LogP contribution >= 0.6 is 0 Å². The molecule has 2 amide bonds. The fourth-order valence-electron chi connectivity index (χ4n) is 2.07. The summed E-state index contributed by atoms with van der Waals surface area (Å²) >= 11 is 0. The number of carbonyl (C=O) groups is 3. The second-order valence-electron chi connectivity index (χ2n) is 5.05. The van der Waals surface area contributed by atoms with E-state index >= 15 is 0 Å². The molecule has 1 aliphatic rings. The first kappa shape index (κ1) is 15.2. The fraction of sp³-hybridized carbons (Fsp3) is 0.400. The Morgan fingerprint density at radius 1 is 1.38 bits per heavy atom. The minimum atomic E-state index is -0.263. The van der Waals surface area contributed by atoms with Gasteiger partial charge in [-0.3, -0.25) is 14.4 Å². The Balaban J connectivity index is 1.91. The van der Waals surface area contributed by atoms with Gasteiger partial charge in [0.25, 0.3) is 5.91 Å². The third-order valence-corrected chi connectivity index (χ3v) is 3.37. The molecule has 1 unspecified atom stereocenters. The van der Waals surface area contributed by atoms with Crippen LogP contribution in [0.2, 0.25) is 0 Å². The van der Waals surface area contributed by atoms with Crippen LogP contribution in [-0.4, -0.2) is 55.3 Å². The summed E-state index contributed by atoms with van der Waals surface area (Å²) in [5.74, 6) is -0.409. The largest absolute Gasteiger partial charge is 0.365 e. The summed E-state index contributed by atoms with van der Waals surface area (Å²) in [4.78, 5) is 36.2. The van der Waals surface area contributed by atoms with Crippen LogP contribution in [0.15, 0.2) is 24.3 Å². The standard InChI is InChI=1S/C15H18N2O4/c1-10(18)11-4-3-5-12(6-11)15(20)16-7-13-8-17(2)14(19)9-21-13/h3-6,13H,7-9H2,1-2H3,(H,16,20). The van der Waals surface area contributed by atoms with Crippen molar-refractivity contribution < 1.29 is 19.1 Å². The molecule has 1 aliphatic heterocycles. The number of nitrogens with zero attached hydrogens (tertiary/aromatic N) is 1. The van der Waals surface area contributed by atoms with E-state index < -0.39 is 0 Å². The molecule has 0 radical (unpaired) electrons. The molecule has 1 saturated heterocycles. The monoisotopic (exact) mass is 290 g/mol. The molecule has 6 heteroatoms. The van der Waals surface area contributed by atoms with Crippen LogP contribution in [0.4, 0.5) is 0 Å². The maximum absolute atomic E-state index is 12.0. The molecule has 0 spiro atoms. The Bertz CT molecular complexity index is 571. The van der Waals surface area contributed by atoms with E-state index in [0.29, 0.717) is 24.2 Å². The van der Waals surface area contributed by atoms with E-state index in [-0.39, 0.29) is 30.3 Å². The van der Waals surface area contributed by atoms with Crippen LogP contribution in [0.3, 0.4) is 0 Å². The molecule has 21 heavy (non-hydrogen) atoms. The number of ketones is 1. The number of hydrogen-bond acceptors (Lipinski definition) is 4. The Hall–Kier alpha value is -2.21. The van der Waals surface area contributed by atoms with Gasteiger partial charge in [-0.15, -0.1) is 0 Å². The minimum absolute atomic E-state index is 0.0386. The molecule has 1 atom stereocenters. The van der Waals surface area contributed by atoms with Crippen molar-refractivity contribution in [2.45, 2.75) is 13.0 Å². The van der Waals surface area contributed by atoms with E-state index in [0.717, 1.165) is 0 Å². The summed E-state index contributed by atoms with van der Waals surface area (Å²) in [5.41, 5.74) is 0.935. The van der Waals surface area contributed by atoms with E-state index in [4.69, 9.17) is 4.74 Å². The molecule has 1 heterocycles. The minimum Gasteiger partial charge on any atom is -0.365 e. The van der Waals surface area contributed by atoms with Crippen molar-refractivity contribution in [3.8, 4) is 0 Å². The zero-order valence-electron chi connectivity index (χ0n) is 12.1. The Morgan fingerprint density at radius 3 is 2.76 bits per heavy atom. The van der Waals surface area contributed by atoms with Gasteiger partial charge in [0.15, 0.2) is 5.78 Å². The average molecular weight is 290 g/mol. The van der Waals surface area contributed by atoms with Gasteiger partial charge in [-0.1, -0.05) is 12.1 Å². The van der Waals surface area contributed by atoms with Crippen molar-refractivity contribution in [2.75, 3.05) is 26.7 Å². The maximum Gasteiger partial charge on any atom is 0.251 e. The number of ether oxygens (including phenoxy) is 1. The van der Waals surface area contributed by atoms with E-state index in [1.165, 1.54) is 6.92 Å². The number of nitrogens with one attached hydrogen (secondary N) is 1. The van der Waals surface area contributed by atoms with Crippen molar-refractivity contribution in [3.63, 3.8) is 0 Å². The van der Waals surface area contributed by atoms with Crippen LogP contribution in [0, 0.1) is 0 Å². The number of hydrogen-bond donors (Lipinski definition) is 1. The molecule has 1 aromatic carbocycles. The van der Waals surface area contributed by atoms with Gasteiger partial charge in [-0.25, -0.2) is 0 Å². The van der Waals surface area contributed by atoms with Crippen LogP contribution in [0.5, 0.6) is 0 Å². The number of likely N-dealkylation sites (N-methyl/N-ethyl adjacent to an activating group) is 1. The first-order chi connectivity index (χ1) is 9.97. The second kappa shape index (κ2) is 6.49. The van der Waals surface area contributed by atoms with E-state index in [1.807, 2.05) is 0 Å². The first-order valence-electron chi connectivity index (χ1n) is 6.72. The van der Waals surface area contributed by atoms with Gasteiger partial charge in [-0.05, 0) is 19.1 Å². The van der Waals surface area contributed by atoms with Gasteiger partial charge in [0.2, 0.25) is 5.91 Å². The predicted molar refractivity (Wildman–Crippen MR) is 76.2 cm³/mol. The number of benzene rings is 1.